The molecule has 0 saturated heterocycles. The van der Waals surface area contributed by atoms with Crippen LogP contribution in [0.5, 0.6) is 5.75 Å². The van der Waals surface area contributed by atoms with E-state index in [0.717, 1.165) is 0 Å². The maximum atomic E-state index is 12.7. The molecule has 3 rings (SSSR count). The average molecular weight is 403 g/mol. The molecule has 0 bridgehead atoms. The third-order valence-corrected chi connectivity index (χ3v) is 4.37. The van der Waals surface area contributed by atoms with Crippen LogP contribution in [0.15, 0.2) is 78.9 Å². The standard InChI is InChI=1S/C24H21NO5/c26-22(27)11-6-16-30-21-10-5-4-9-20(21)24(29)25-19-14-12-18(13-15-19)23(28)17-7-2-1-3-8-17/h1-5,7-10,12-15H,6,11,16H2,(H,25,29)(H,26,27). The molecule has 0 aliphatic heterocycles. The predicted molar refractivity (Wildman–Crippen MR) is 113 cm³/mol. The molecule has 3 aromatic rings. The number of amides is 1. The molecule has 0 unspecified atom stereocenters. The minimum atomic E-state index is -0.890. The lowest BCUT2D eigenvalue weighted by atomic mass is 10.0. The van der Waals surface area contributed by atoms with Crippen LogP contribution in [0.4, 0.5) is 5.69 Å². The van der Waals surface area contributed by atoms with E-state index in [1.165, 1.54) is 0 Å². The molecule has 0 spiro atoms. The number of ketones is 1. The Morgan fingerprint density at radius 1 is 0.800 bits per heavy atom. The van der Waals surface area contributed by atoms with Crippen LogP contribution in [0.25, 0.3) is 0 Å². The second kappa shape index (κ2) is 10.0. The van der Waals surface area contributed by atoms with E-state index < -0.39 is 5.97 Å². The van der Waals surface area contributed by atoms with Gasteiger partial charge in [0, 0.05) is 23.2 Å². The summed E-state index contributed by atoms with van der Waals surface area (Å²) in [5.74, 6) is -0.949. The Hall–Kier alpha value is -3.93. The van der Waals surface area contributed by atoms with Gasteiger partial charge in [0.1, 0.15) is 5.75 Å². The second-order valence-electron chi connectivity index (χ2n) is 6.57. The van der Waals surface area contributed by atoms with Crippen molar-refractivity contribution in [2.24, 2.45) is 0 Å². The number of ether oxygens (including phenoxy) is 1. The molecule has 6 nitrogen and oxygen atoms in total. The van der Waals surface area contributed by atoms with Gasteiger partial charge in [0.25, 0.3) is 5.91 Å². The van der Waals surface area contributed by atoms with Gasteiger partial charge in [0.2, 0.25) is 0 Å². The summed E-state index contributed by atoms with van der Waals surface area (Å²) >= 11 is 0. The third-order valence-electron chi connectivity index (χ3n) is 4.37. The first-order valence-electron chi connectivity index (χ1n) is 9.49. The van der Waals surface area contributed by atoms with E-state index in [1.807, 2.05) is 18.2 Å². The molecule has 0 atom stereocenters. The molecule has 152 valence electrons. The first-order valence-corrected chi connectivity index (χ1v) is 9.49. The predicted octanol–water partition coefficient (Wildman–Crippen LogP) is 4.41. The Labute approximate surface area is 174 Å². The Balaban J connectivity index is 1.65. The number of hydrogen-bond donors (Lipinski definition) is 2. The van der Waals surface area contributed by atoms with Crippen LogP contribution in [0.3, 0.4) is 0 Å². The topological polar surface area (TPSA) is 92.7 Å². The highest BCUT2D eigenvalue weighted by Crippen LogP contribution is 2.21. The largest absolute Gasteiger partial charge is 0.493 e. The van der Waals surface area contributed by atoms with Gasteiger partial charge in [-0.25, -0.2) is 0 Å². The van der Waals surface area contributed by atoms with Gasteiger partial charge in [0.15, 0.2) is 5.78 Å². The number of hydrogen-bond acceptors (Lipinski definition) is 4. The van der Waals surface area contributed by atoms with Crippen molar-refractivity contribution in [1.29, 1.82) is 0 Å². The van der Waals surface area contributed by atoms with Crippen molar-refractivity contribution in [2.75, 3.05) is 11.9 Å². The highest BCUT2D eigenvalue weighted by Gasteiger charge is 2.13. The molecule has 0 aromatic heterocycles. The summed E-state index contributed by atoms with van der Waals surface area (Å²) in [7, 11) is 0. The van der Waals surface area contributed by atoms with Gasteiger partial charge < -0.3 is 15.2 Å². The van der Waals surface area contributed by atoms with Gasteiger partial charge in [-0.15, -0.1) is 0 Å². The summed E-state index contributed by atoms with van der Waals surface area (Å²) < 4.78 is 5.58. The minimum absolute atomic E-state index is 0.00239. The summed E-state index contributed by atoms with van der Waals surface area (Å²) in [4.78, 5) is 35.7. The van der Waals surface area contributed by atoms with Crippen molar-refractivity contribution in [3.8, 4) is 5.75 Å². The van der Waals surface area contributed by atoms with E-state index in [2.05, 4.69) is 5.32 Å². The average Bonchev–Trinajstić information content (AvgIpc) is 2.77. The lowest BCUT2D eigenvalue weighted by molar-refractivity contribution is -0.137. The fraction of sp³-hybridized carbons (Fsp3) is 0.125. The van der Waals surface area contributed by atoms with Crippen molar-refractivity contribution in [1.82, 2.24) is 0 Å². The maximum absolute atomic E-state index is 12.7. The number of aliphatic carboxylic acids is 1. The first-order chi connectivity index (χ1) is 14.5. The summed E-state index contributed by atoms with van der Waals surface area (Å²) in [6, 6.07) is 22.4. The number of carboxylic acid groups (broad SMARTS) is 1. The Morgan fingerprint density at radius 3 is 2.13 bits per heavy atom. The zero-order valence-electron chi connectivity index (χ0n) is 16.2. The summed E-state index contributed by atoms with van der Waals surface area (Å²) in [6.45, 7) is 0.201. The fourth-order valence-corrected chi connectivity index (χ4v) is 2.85. The molecular formula is C24H21NO5. The highest BCUT2D eigenvalue weighted by atomic mass is 16.5. The Morgan fingerprint density at radius 2 is 1.43 bits per heavy atom. The second-order valence-corrected chi connectivity index (χ2v) is 6.57. The fourth-order valence-electron chi connectivity index (χ4n) is 2.85. The van der Waals surface area contributed by atoms with E-state index in [9.17, 15) is 14.4 Å². The molecule has 0 aliphatic carbocycles. The van der Waals surface area contributed by atoms with E-state index in [4.69, 9.17) is 9.84 Å². The minimum Gasteiger partial charge on any atom is -0.493 e. The van der Waals surface area contributed by atoms with Crippen LogP contribution in [-0.2, 0) is 4.79 Å². The molecule has 0 aliphatic rings. The van der Waals surface area contributed by atoms with Crippen molar-refractivity contribution in [3.63, 3.8) is 0 Å². The first kappa shape index (κ1) is 20.8. The number of anilines is 1. The van der Waals surface area contributed by atoms with Crippen molar-refractivity contribution in [2.45, 2.75) is 12.8 Å². The molecule has 0 saturated carbocycles. The summed E-state index contributed by atoms with van der Waals surface area (Å²) in [5.41, 5.74) is 2.02. The molecule has 0 heterocycles. The molecule has 2 N–H and O–H groups in total. The SMILES string of the molecule is O=C(O)CCCOc1ccccc1C(=O)Nc1ccc(C(=O)c2ccccc2)cc1. The van der Waals surface area contributed by atoms with E-state index in [0.29, 0.717) is 34.5 Å². The molecule has 1 amide bonds. The van der Waals surface area contributed by atoms with Gasteiger partial charge in [-0.1, -0.05) is 42.5 Å². The molecule has 30 heavy (non-hydrogen) atoms. The number of carbonyl (C=O) groups excluding carboxylic acids is 2. The van der Waals surface area contributed by atoms with Gasteiger partial charge in [-0.2, -0.15) is 0 Å². The zero-order valence-corrected chi connectivity index (χ0v) is 16.2. The van der Waals surface area contributed by atoms with Crippen LogP contribution in [-0.4, -0.2) is 29.4 Å². The Bertz CT molecular complexity index is 1030. The van der Waals surface area contributed by atoms with Gasteiger partial charge in [0.05, 0.1) is 12.2 Å². The van der Waals surface area contributed by atoms with Crippen LogP contribution >= 0.6 is 0 Å². The smallest absolute Gasteiger partial charge is 0.303 e. The van der Waals surface area contributed by atoms with E-state index >= 15 is 0 Å². The molecule has 6 heteroatoms. The van der Waals surface area contributed by atoms with Crippen molar-refractivity contribution >= 4 is 23.3 Å². The normalized spacial score (nSPS) is 10.3. The van der Waals surface area contributed by atoms with E-state index in [-0.39, 0.29) is 24.7 Å². The molecule has 0 radical (unpaired) electrons. The highest BCUT2D eigenvalue weighted by molar-refractivity contribution is 6.10. The molecule has 3 aromatic carbocycles. The van der Waals surface area contributed by atoms with Crippen LogP contribution in [0.1, 0.15) is 39.1 Å². The van der Waals surface area contributed by atoms with Crippen molar-refractivity contribution < 1.29 is 24.2 Å². The summed E-state index contributed by atoms with van der Waals surface area (Å²) in [5, 5.41) is 11.5. The number of benzene rings is 3. The van der Waals surface area contributed by atoms with Crippen LogP contribution in [0, 0.1) is 0 Å². The quantitative estimate of drug-likeness (QED) is 0.408. The van der Waals surface area contributed by atoms with E-state index in [1.54, 1.807) is 60.7 Å². The number of carboxylic acids is 1. The summed E-state index contributed by atoms with van der Waals surface area (Å²) in [6.07, 6.45) is 0.352. The monoisotopic (exact) mass is 403 g/mol. The third kappa shape index (κ3) is 5.54. The van der Waals surface area contributed by atoms with Gasteiger partial charge >= 0.3 is 5.97 Å². The van der Waals surface area contributed by atoms with Crippen molar-refractivity contribution in [3.05, 3.63) is 95.6 Å². The van der Waals surface area contributed by atoms with Gasteiger partial charge in [-0.3, -0.25) is 14.4 Å². The Kier molecular flexibility index (Phi) is 6.95. The number of para-hydroxylation sites is 1. The van der Waals surface area contributed by atoms with Crippen LogP contribution in [0.2, 0.25) is 0 Å². The van der Waals surface area contributed by atoms with Crippen LogP contribution < -0.4 is 10.1 Å². The lowest BCUT2D eigenvalue weighted by Crippen LogP contribution is -2.14. The molecular weight excluding hydrogens is 382 g/mol. The zero-order chi connectivity index (χ0) is 21.3. The maximum Gasteiger partial charge on any atom is 0.303 e. The lowest BCUT2D eigenvalue weighted by Gasteiger charge is -2.12. The number of nitrogens with one attached hydrogen (secondary N) is 1. The van der Waals surface area contributed by atoms with Gasteiger partial charge in [-0.05, 0) is 42.8 Å². The number of rotatable bonds is 9. The number of carbonyl (C=O) groups is 3. The molecule has 0 fully saturated rings.